The third kappa shape index (κ3) is 4.66. The Hall–Kier alpha value is -2.24. The van der Waals surface area contributed by atoms with Gasteiger partial charge in [0.2, 0.25) is 5.91 Å². The van der Waals surface area contributed by atoms with Gasteiger partial charge >= 0.3 is 5.97 Å². The van der Waals surface area contributed by atoms with Gasteiger partial charge in [-0.05, 0) is 18.1 Å². The van der Waals surface area contributed by atoms with Gasteiger partial charge in [-0.25, -0.2) is 4.79 Å². The molecule has 0 fully saturated rings. The van der Waals surface area contributed by atoms with E-state index in [4.69, 9.17) is 5.73 Å². The molecule has 0 aliphatic rings. The highest BCUT2D eigenvalue weighted by molar-refractivity contribution is 5.98. The Bertz CT molecular complexity index is 515. The average Bonchev–Trinajstić information content (AvgIpc) is 2.44. The summed E-state index contributed by atoms with van der Waals surface area (Å²) in [6, 6.07) is 5.06. The largest absolute Gasteiger partial charge is 0.465 e. The Morgan fingerprint density at radius 2 is 2.05 bits per heavy atom. The number of carbonyl (C=O) groups is 2. The molecule has 116 valence electrons. The molecule has 6 nitrogen and oxygen atoms in total. The molecular formula is C15H23N3O3. The first-order chi connectivity index (χ1) is 9.86. The highest BCUT2D eigenvalue weighted by Crippen LogP contribution is 2.26. The second kappa shape index (κ2) is 7.52. The number of hydrogen-bond acceptors (Lipinski definition) is 5. The van der Waals surface area contributed by atoms with Crippen molar-refractivity contribution in [3.63, 3.8) is 0 Å². The number of likely N-dealkylation sites (N-methyl/N-ethyl adjacent to an activating group) is 1. The molecule has 0 saturated heterocycles. The first-order valence-electron chi connectivity index (χ1n) is 6.81. The molecule has 0 radical (unpaired) electrons. The Morgan fingerprint density at radius 3 is 2.62 bits per heavy atom. The van der Waals surface area contributed by atoms with E-state index in [1.54, 1.807) is 30.1 Å². The molecule has 0 aliphatic heterocycles. The van der Waals surface area contributed by atoms with Crippen LogP contribution in [0.4, 0.5) is 11.4 Å². The van der Waals surface area contributed by atoms with Gasteiger partial charge in [0.25, 0.3) is 0 Å². The zero-order valence-corrected chi connectivity index (χ0v) is 13.0. The van der Waals surface area contributed by atoms with E-state index < -0.39 is 5.97 Å². The lowest BCUT2D eigenvalue weighted by molar-refractivity contribution is -0.119. The van der Waals surface area contributed by atoms with Gasteiger partial charge in [-0.2, -0.15) is 0 Å². The summed E-state index contributed by atoms with van der Waals surface area (Å²) in [7, 11) is 3.05. The summed E-state index contributed by atoms with van der Waals surface area (Å²) in [4.78, 5) is 25.1. The van der Waals surface area contributed by atoms with Gasteiger partial charge in [0.1, 0.15) is 0 Å². The molecule has 1 aromatic carbocycles. The number of benzene rings is 1. The molecule has 1 rings (SSSR count). The van der Waals surface area contributed by atoms with Crippen LogP contribution in [0.5, 0.6) is 0 Å². The Morgan fingerprint density at radius 1 is 1.38 bits per heavy atom. The summed E-state index contributed by atoms with van der Waals surface area (Å²) < 4.78 is 4.68. The van der Waals surface area contributed by atoms with Crippen LogP contribution in [0.15, 0.2) is 18.2 Å². The monoisotopic (exact) mass is 293 g/mol. The molecule has 6 heteroatoms. The van der Waals surface area contributed by atoms with E-state index in [1.165, 1.54) is 7.11 Å². The fourth-order valence-electron chi connectivity index (χ4n) is 1.85. The lowest BCUT2D eigenvalue weighted by Crippen LogP contribution is -2.37. The van der Waals surface area contributed by atoms with Crippen LogP contribution in [0, 0.1) is 5.92 Å². The third-order valence-corrected chi connectivity index (χ3v) is 2.99. The van der Waals surface area contributed by atoms with Crippen LogP contribution >= 0.6 is 0 Å². The molecule has 1 aromatic rings. The van der Waals surface area contributed by atoms with Gasteiger partial charge in [-0.15, -0.1) is 0 Å². The number of anilines is 2. The molecular weight excluding hydrogens is 270 g/mol. The molecule has 0 atom stereocenters. The minimum absolute atomic E-state index is 0.0888. The predicted octanol–water partition coefficient (Wildman–Crippen LogP) is 1.26. The molecule has 0 heterocycles. The normalized spacial score (nSPS) is 10.3. The molecule has 0 spiro atoms. The smallest absolute Gasteiger partial charge is 0.340 e. The van der Waals surface area contributed by atoms with Crippen molar-refractivity contribution in [2.45, 2.75) is 13.8 Å². The van der Waals surface area contributed by atoms with E-state index in [0.29, 0.717) is 29.4 Å². The number of methoxy groups -OCH3 is 1. The van der Waals surface area contributed by atoms with E-state index >= 15 is 0 Å². The van der Waals surface area contributed by atoms with Crippen LogP contribution in [-0.4, -0.2) is 39.1 Å². The average molecular weight is 293 g/mol. The number of carbonyl (C=O) groups excluding carboxylic acids is 2. The number of rotatable bonds is 6. The number of nitrogen functional groups attached to an aromatic ring is 1. The number of ether oxygens (including phenoxy) is 1. The highest BCUT2D eigenvalue weighted by Gasteiger charge is 2.16. The fourth-order valence-corrected chi connectivity index (χ4v) is 1.85. The van der Waals surface area contributed by atoms with Gasteiger partial charge < -0.3 is 20.7 Å². The molecule has 0 saturated carbocycles. The van der Waals surface area contributed by atoms with Crippen LogP contribution in [0.3, 0.4) is 0 Å². The fraction of sp³-hybridized carbons (Fsp3) is 0.467. The third-order valence-electron chi connectivity index (χ3n) is 2.99. The van der Waals surface area contributed by atoms with Gasteiger partial charge in [-0.3, -0.25) is 4.79 Å². The van der Waals surface area contributed by atoms with Gasteiger partial charge in [0.15, 0.2) is 0 Å². The maximum atomic E-state index is 11.8. The molecule has 1 amide bonds. The number of hydrogen-bond donors (Lipinski definition) is 2. The summed E-state index contributed by atoms with van der Waals surface area (Å²) in [5.74, 6) is -0.187. The minimum atomic E-state index is -0.494. The van der Waals surface area contributed by atoms with Crippen molar-refractivity contribution in [3.8, 4) is 0 Å². The van der Waals surface area contributed by atoms with Crippen molar-refractivity contribution >= 4 is 23.3 Å². The van der Waals surface area contributed by atoms with Crippen LogP contribution in [0.1, 0.15) is 24.2 Å². The van der Waals surface area contributed by atoms with Crippen molar-refractivity contribution < 1.29 is 14.3 Å². The van der Waals surface area contributed by atoms with Gasteiger partial charge in [0.05, 0.1) is 30.6 Å². The molecule has 0 aromatic heterocycles. The van der Waals surface area contributed by atoms with E-state index in [9.17, 15) is 9.59 Å². The maximum absolute atomic E-state index is 11.8. The van der Waals surface area contributed by atoms with E-state index in [2.05, 4.69) is 10.1 Å². The van der Waals surface area contributed by atoms with Crippen molar-refractivity contribution in [2.75, 3.05) is 37.9 Å². The zero-order valence-electron chi connectivity index (χ0n) is 13.0. The van der Waals surface area contributed by atoms with Crippen LogP contribution in [0.2, 0.25) is 0 Å². The Labute approximate surface area is 125 Å². The number of para-hydroxylation sites is 1. The van der Waals surface area contributed by atoms with Gasteiger partial charge in [-0.1, -0.05) is 19.9 Å². The molecule has 21 heavy (non-hydrogen) atoms. The second-order valence-corrected chi connectivity index (χ2v) is 5.28. The number of nitrogens with zero attached hydrogens (tertiary/aromatic N) is 1. The van der Waals surface area contributed by atoms with Crippen LogP contribution in [0.25, 0.3) is 0 Å². The van der Waals surface area contributed by atoms with E-state index in [1.807, 2.05) is 13.8 Å². The standard InChI is InChI=1S/C15H23N3O3/c1-10(2)8-17-13(19)9-18(3)12-7-5-6-11(14(12)16)15(20)21-4/h5-7,10H,8-9,16H2,1-4H3,(H,17,19). The topological polar surface area (TPSA) is 84.7 Å². The quantitative estimate of drug-likeness (QED) is 0.609. The summed E-state index contributed by atoms with van der Waals surface area (Å²) in [5, 5.41) is 2.84. The summed E-state index contributed by atoms with van der Waals surface area (Å²) in [6.45, 7) is 4.86. The number of nitrogens with two attached hydrogens (primary N) is 1. The zero-order chi connectivity index (χ0) is 16.0. The highest BCUT2D eigenvalue weighted by atomic mass is 16.5. The minimum Gasteiger partial charge on any atom is -0.465 e. The molecule has 3 N–H and O–H groups in total. The Balaban J connectivity index is 2.81. The number of esters is 1. The number of nitrogens with one attached hydrogen (secondary N) is 1. The van der Waals surface area contributed by atoms with Crippen molar-refractivity contribution in [3.05, 3.63) is 23.8 Å². The molecule has 0 bridgehead atoms. The second-order valence-electron chi connectivity index (χ2n) is 5.28. The lowest BCUT2D eigenvalue weighted by Gasteiger charge is -2.21. The lowest BCUT2D eigenvalue weighted by atomic mass is 10.1. The first-order valence-corrected chi connectivity index (χ1v) is 6.81. The SMILES string of the molecule is COC(=O)c1cccc(N(C)CC(=O)NCC(C)C)c1N. The summed E-state index contributed by atoms with van der Waals surface area (Å²) in [6.07, 6.45) is 0. The number of amides is 1. The predicted molar refractivity (Wildman–Crippen MR) is 83.3 cm³/mol. The Kier molecular flexibility index (Phi) is 6.02. The first kappa shape index (κ1) is 16.8. The summed E-state index contributed by atoms with van der Waals surface area (Å²) in [5.41, 5.74) is 7.21. The van der Waals surface area contributed by atoms with Crippen LogP contribution < -0.4 is 16.0 Å². The van der Waals surface area contributed by atoms with Gasteiger partial charge in [0, 0.05) is 13.6 Å². The van der Waals surface area contributed by atoms with Crippen molar-refractivity contribution in [1.29, 1.82) is 0 Å². The maximum Gasteiger partial charge on any atom is 0.340 e. The van der Waals surface area contributed by atoms with E-state index in [0.717, 1.165) is 0 Å². The van der Waals surface area contributed by atoms with Crippen molar-refractivity contribution in [1.82, 2.24) is 5.32 Å². The van der Waals surface area contributed by atoms with Crippen LogP contribution in [-0.2, 0) is 9.53 Å². The van der Waals surface area contributed by atoms with E-state index in [-0.39, 0.29) is 12.5 Å². The molecule has 0 aliphatic carbocycles. The summed E-state index contributed by atoms with van der Waals surface area (Å²) >= 11 is 0. The molecule has 0 unspecified atom stereocenters. The van der Waals surface area contributed by atoms with Crippen molar-refractivity contribution in [2.24, 2.45) is 5.92 Å².